The van der Waals surface area contributed by atoms with Crippen molar-refractivity contribution in [2.24, 2.45) is 0 Å². The number of aromatic nitrogens is 2. The Labute approximate surface area is 167 Å². The third-order valence-corrected chi connectivity index (χ3v) is 5.34. The predicted molar refractivity (Wildman–Crippen MR) is 107 cm³/mol. The number of hydrogen-bond donors (Lipinski definition) is 0. The molecule has 0 aliphatic carbocycles. The average Bonchev–Trinajstić information content (AvgIpc) is 2.66. The molecule has 3 rings (SSSR count). The Kier molecular flexibility index (Phi) is 5.62. The molecule has 1 aliphatic heterocycles. The van der Waals surface area contributed by atoms with Gasteiger partial charge in [0.25, 0.3) is 5.56 Å². The molecule has 0 unspecified atom stereocenters. The van der Waals surface area contributed by atoms with Crippen LogP contribution in [-0.4, -0.2) is 65.9 Å². The van der Waals surface area contributed by atoms with Crippen LogP contribution < -0.4 is 10.5 Å². The summed E-state index contributed by atoms with van der Waals surface area (Å²) in [6, 6.07) is 5.27. The molecule has 0 N–H and O–H groups in total. The van der Waals surface area contributed by atoms with E-state index in [1.54, 1.807) is 42.2 Å². The fraction of sp³-hybridized carbons (Fsp3) is 0.389. The minimum atomic E-state index is -0.402. The van der Waals surface area contributed by atoms with Crippen LogP contribution >= 0.6 is 23.2 Å². The molecule has 2 heterocycles. The molecule has 2 aromatic rings. The van der Waals surface area contributed by atoms with Crippen molar-refractivity contribution in [3.05, 3.63) is 50.4 Å². The summed E-state index contributed by atoms with van der Waals surface area (Å²) >= 11 is 12.5. The summed E-state index contributed by atoms with van der Waals surface area (Å²) in [4.78, 5) is 30.1. The Morgan fingerprint density at radius 3 is 2.41 bits per heavy atom. The largest absolute Gasteiger partial charge is 0.365 e. The molecule has 1 aliphatic rings. The zero-order valence-corrected chi connectivity index (χ0v) is 17.0. The van der Waals surface area contributed by atoms with Crippen LogP contribution in [0.1, 0.15) is 5.56 Å². The van der Waals surface area contributed by atoms with Crippen LogP contribution in [0.2, 0.25) is 10.0 Å². The molecule has 9 heteroatoms. The highest BCUT2D eigenvalue weighted by Crippen LogP contribution is 2.24. The molecule has 2 amide bonds. The molecular weight excluding hydrogens is 389 g/mol. The maximum Gasteiger partial charge on any atom is 0.319 e. The van der Waals surface area contributed by atoms with E-state index in [0.717, 1.165) is 5.56 Å². The normalized spacial score (nSPS) is 14.4. The number of carbonyl (C=O) groups excluding carboxylic acids is 1. The van der Waals surface area contributed by atoms with Gasteiger partial charge in [0.2, 0.25) is 0 Å². The van der Waals surface area contributed by atoms with E-state index < -0.39 is 5.56 Å². The minimum absolute atomic E-state index is 0.0226. The highest BCUT2D eigenvalue weighted by molar-refractivity contribution is 6.33. The zero-order valence-electron chi connectivity index (χ0n) is 15.4. The van der Waals surface area contributed by atoms with Crippen molar-refractivity contribution < 1.29 is 4.79 Å². The monoisotopic (exact) mass is 409 g/mol. The first-order valence-electron chi connectivity index (χ1n) is 8.55. The van der Waals surface area contributed by atoms with Crippen molar-refractivity contribution in [2.45, 2.75) is 6.92 Å². The Morgan fingerprint density at radius 1 is 1.15 bits per heavy atom. The molecule has 144 valence electrons. The van der Waals surface area contributed by atoms with Gasteiger partial charge in [-0.1, -0.05) is 29.3 Å². The summed E-state index contributed by atoms with van der Waals surface area (Å²) in [5, 5.41) is 4.93. The van der Waals surface area contributed by atoms with Gasteiger partial charge in [-0.25, -0.2) is 4.79 Å². The smallest absolute Gasteiger partial charge is 0.319 e. The van der Waals surface area contributed by atoms with E-state index >= 15 is 0 Å². The Bertz CT molecular complexity index is 920. The second-order valence-corrected chi connectivity index (χ2v) is 7.43. The molecule has 0 bridgehead atoms. The van der Waals surface area contributed by atoms with Crippen molar-refractivity contribution in [1.82, 2.24) is 19.6 Å². The van der Waals surface area contributed by atoms with Crippen molar-refractivity contribution in [2.75, 3.05) is 45.2 Å². The molecule has 1 aromatic carbocycles. The fourth-order valence-electron chi connectivity index (χ4n) is 2.96. The average molecular weight is 410 g/mol. The Morgan fingerprint density at radius 2 is 1.81 bits per heavy atom. The first-order chi connectivity index (χ1) is 12.8. The van der Waals surface area contributed by atoms with Gasteiger partial charge >= 0.3 is 6.03 Å². The summed E-state index contributed by atoms with van der Waals surface area (Å²) in [6.07, 6.45) is 1.58. The number of hydrogen-bond acceptors (Lipinski definition) is 4. The lowest BCUT2D eigenvalue weighted by Gasteiger charge is -2.37. The minimum Gasteiger partial charge on any atom is -0.365 e. The van der Waals surface area contributed by atoms with Gasteiger partial charge in [0.1, 0.15) is 5.02 Å². The van der Waals surface area contributed by atoms with Crippen molar-refractivity contribution >= 4 is 34.9 Å². The van der Waals surface area contributed by atoms with E-state index in [9.17, 15) is 9.59 Å². The number of rotatable bonds is 2. The lowest BCUT2D eigenvalue weighted by atomic mass is 10.2. The number of halogens is 2. The number of nitrogens with zero attached hydrogens (tertiary/aromatic N) is 5. The summed E-state index contributed by atoms with van der Waals surface area (Å²) < 4.78 is 1.24. The number of amides is 2. The van der Waals surface area contributed by atoms with Gasteiger partial charge in [-0.05, 0) is 24.6 Å². The molecule has 1 saturated heterocycles. The predicted octanol–water partition coefficient (Wildman–Crippen LogP) is 2.65. The highest BCUT2D eigenvalue weighted by atomic mass is 35.5. The number of piperazine rings is 1. The second kappa shape index (κ2) is 7.78. The first kappa shape index (κ1) is 19.5. The number of aryl methyl sites for hydroxylation is 1. The zero-order chi connectivity index (χ0) is 19.7. The molecular formula is C18H21Cl2N5O2. The maximum absolute atomic E-state index is 12.7. The van der Waals surface area contributed by atoms with Crippen molar-refractivity contribution in [3.8, 4) is 5.69 Å². The van der Waals surface area contributed by atoms with Gasteiger partial charge in [-0.15, -0.1) is 0 Å². The highest BCUT2D eigenvalue weighted by Gasteiger charge is 2.25. The number of anilines is 1. The first-order valence-corrected chi connectivity index (χ1v) is 9.30. The van der Waals surface area contributed by atoms with E-state index in [0.29, 0.717) is 42.6 Å². The Balaban J connectivity index is 1.83. The third-order valence-electron chi connectivity index (χ3n) is 4.57. The Hall–Kier alpha value is -2.25. The van der Waals surface area contributed by atoms with Crippen LogP contribution in [0.15, 0.2) is 29.2 Å². The van der Waals surface area contributed by atoms with Crippen molar-refractivity contribution in [1.29, 1.82) is 0 Å². The van der Waals surface area contributed by atoms with Crippen LogP contribution in [0.5, 0.6) is 0 Å². The van der Waals surface area contributed by atoms with E-state index in [1.165, 1.54) is 4.68 Å². The lowest BCUT2D eigenvalue weighted by Crippen LogP contribution is -2.51. The summed E-state index contributed by atoms with van der Waals surface area (Å²) in [5.74, 6) is 0. The number of carbonyl (C=O) groups is 1. The van der Waals surface area contributed by atoms with Gasteiger partial charge in [-0.3, -0.25) is 4.79 Å². The van der Waals surface area contributed by atoms with Crippen LogP contribution in [0.25, 0.3) is 5.69 Å². The van der Waals surface area contributed by atoms with Gasteiger partial charge in [0, 0.05) is 45.3 Å². The van der Waals surface area contributed by atoms with Gasteiger partial charge in [0.15, 0.2) is 0 Å². The van der Waals surface area contributed by atoms with E-state index in [-0.39, 0.29) is 11.1 Å². The van der Waals surface area contributed by atoms with Gasteiger partial charge in [-0.2, -0.15) is 9.78 Å². The third kappa shape index (κ3) is 3.89. The summed E-state index contributed by atoms with van der Waals surface area (Å²) in [6.45, 7) is 4.18. The SMILES string of the molecule is Cc1ccc(-n2ncc(N3CCN(C(=O)N(C)C)CC3)c(Cl)c2=O)cc1Cl. The maximum atomic E-state index is 12.7. The summed E-state index contributed by atoms with van der Waals surface area (Å²) in [5.41, 5.74) is 1.65. The molecule has 0 spiro atoms. The lowest BCUT2D eigenvalue weighted by molar-refractivity contribution is 0.168. The molecule has 27 heavy (non-hydrogen) atoms. The topological polar surface area (TPSA) is 61.7 Å². The van der Waals surface area contributed by atoms with Crippen LogP contribution in [0, 0.1) is 6.92 Å². The molecule has 1 aromatic heterocycles. The summed E-state index contributed by atoms with van der Waals surface area (Å²) in [7, 11) is 3.46. The van der Waals surface area contributed by atoms with Gasteiger partial charge in [0.05, 0.1) is 17.6 Å². The second-order valence-electron chi connectivity index (χ2n) is 6.65. The quantitative estimate of drug-likeness (QED) is 0.764. The van der Waals surface area contributed by atoms with Crippen LogP contribution in [0.3, 0.4) is 0 Å². The van der Waals surface area contributed by atoms with Crippen LogP contribution in [0.4, 0.5) is 10.5 Å². The number of benzene rings is 1. The molecule has 7 nitrogen and oxygen atoms in total. The molecule has 0 atom stereocenters. The van der Waals surface area contributed by atoms with Gasteiger partial charge < -0.3 is 14.7 Å². The van der Waals surface area contributed by atoms with E-state index in [4.69, 9.17) is 23.2 Å². The van der Waals surface area contributed by atoms with E-state index in [2.05, 4.69) is 5.10 Å². The standard InChI is InChI=1S/C18H21Cl2N5O2/c1-12-4-5-13(10-14(12)19)25-17(26)16(20)15(11-21-25)23-6-8-24(9-7-23)18(27)22(2)3/h4-5,10-11H,6-9H2,1-3H3. The van der Waals surface area contributed by atoms with E-state index in [1.807, 2.05) is 17.9 Å². The molecule has 0 saturated carbocycles. The fourth-order valence-corrected chi connectivity index (χ4v) is 3.39. The van der Waals surface area contributed by atoms with Crippen molar-refractivity contribution in [3.63, 3.8) is 0 Å². The molecule has 0 radical (unpaired) electrons. The van der Waals surface area contributed by atoms with Crippen LogP contribution in [-0.2, 0) is 0 Å². The molecule has 1 fully saturated rings. The number of urea groups is 1.